The van der Waals surface area contributed by atoms with E-state index in [-0.39, 0.29) is 11.7 Å². The van der Waals surface area contributed by atoms with Crippen LogP contribution in [0.3, 0.4) is 0 Å². The number of carbonyl (C=O) groups is 1. The van der Waals surface area contributed by atoms with Crippen LogP contribution in [0.4, 0.5) is 10.1 Å². The Morgan fingerprint density at radius 2 is 2.09 bits per heavy atom. The van der Waals surface area contributed by atoms with E-state index in [1.165, 1.54) is 12.4 Å². The normalized spacial score (nSPS) is 16.9. The Labute approximate surface area is 195 Å². The lowest BCUT2D eigenvalue weighted by atomic mass is 10.1. The van der Waals surface area contributed by atoms with Gasteiger partial charge in [0.2, 0.25) is 0 Å². The predicted octanol–water partition coefficient (Wildman–Crippen LogP) is 4.49. The molecule has 2 aromatic heterocycles. The molecule has 0 unspecified atom stereocenters. The number of nitrogens with zero attached hydrogens (tertiary/aromatic N) is 5. The Bertz CT molecular complexity index is 1420. The first kappa shape index (κ1) is 20.6. The third-order valence-electron chi connectivity index (χ3n) is 6.28. The molecule has 0 bridgehead atoms. The number of amides is 1. The molecule has 1 saturated carbocycles. The van der Waals surface area contributed by atoms with Gasteiger partial charge in [-0.1, -0.05) is 6.07 Å². The zero-order chi connectivity index (χ0) is 23.4. The molecule has 2 aliphatic rings. The summed E-state index contributed by atoms with van der Waals surface area (Å²) >= 11 is 0. The Hall–Kier alpha value is -4.01. The minimum absolute atomic E-state index is 0.0512. The van der Waals surface area contributed by atoms with Gasteiger partial charge < -0.3 is 14.6 Å². The van der Waals surface area contributed by atoms with E-state index in [0.29, 0.717) is 29.7 Å². The van der Waals surface area contributed by atoms with E-state index in [9.17, 15) is 9.18 Å². The summed E-state index contributed by atoms with van der Waals surface area (Å²) < 4.78 is 24.7. The van der Waals surface area contributed by atoms with Crippen molar-refractivity contribution >= 4 is 11.6 Å². The predicted molar refractivity (Wildman–Crippen MR) is 124 cm³/mol. The molecule has 1 atom stereocenters. The van der Waals surface area contributed by atoms with Crippen molar-refractivity contribution in [1.29, 1.82) is 0 Å². The van der Waals surface area contributed by atoms with E-state index in [4.69, 9.17) is 4.74 Å². The van der Waals surface area contributed by atoms with Gasteiger partial charge in [-0.3, -0.25) is 4.79 Å². The van der Waals surface area contributed by atoms with Crippen molar-refractivity contribution in [3.05, 3.63) is 71.8 Å². The summed E-state index contributed by atoms with van der Waals surface area (Å²) in [7, 11) is 0. The Balaban J connectivity index is 1.35. The molecule has 8 nitrogen and oxygen atoms in total. The molecule has 1 fully saturated rings. The monoisotopic (exact) mass is 458 g/mol. The third kappa shape index (κ3) is 3.53. The zero-order valence-electron chi connectivity index (χ0n) is 18.8. The molecular weight excluding hydrogens is 435 g/mol. The standard InChI is InChI=1S/C25H23FN6O2/c1-14-8-19(26)18(9-22(14)31-11-21(28-13-31)16-6-7-16)25(33)30-20-5-3-4-17-23(20)34-15(2)10-32-24(17)27-12-29-32/h3-5,8-9,11-13,15-16H,6-7,10H2,1-2H3,(H,30,33)/t15-/m0/s1. The highest BCUT2D eigenvalue weighted by Gasteiger charge is 2.27. The number of fused-ring (bicyclic) bond motifs is 3. The highest BCUT2D eigenvalue weighted by Crippen LogP contribution is 2.40. The number of rotatable bonds is 4. The van der Waals surface area contributed by atoms with Gasteiger partial charge >= 0.3 is 0 Å². The second-order valence-corrected chi connectivity index (χ2v) is 8.93. The van der Waals surface area contributed by atoms with Crippen LogP contribution in [0.25, 0.3) is 17.1 Å². The fourth-order valence-electron chi connectivity index (χ4n) is 4.39. The van der Waals surface area contributed by atoms with Crippen LogP contribution in [0.5, 0.6) is 5.75 Å². The smallest absolute Gasteiger partial charge is 0.258 e. The van der Waals surface area contributed by atoms with Crippen LogP contribution in [0.2, 0.25) is 0 Å². The molecule has 1 aliphatic heterocycles. The van der Waals surface area contributed by atoms with E-state index in [0.717, 1.165) is 35.3 Å². The highest BCUT2D eigenvalue weighted by atomic mass is 19.1. The van der Waals surface area contributed by atoms with Crippen molar-refractivity contribution in [2.75, 3.05) is 5.32 Å². The van der Waals surface area contributed by atoms with Crippen molar-refractivity contribution in [3.63, 3.8) is 0 Å². The number of hydrogen-bond donors (Lipinski definition) is 1. The van der Waals surface area contributed by atoms with Gasteiger partial charge in [-0.05, 0) is 56.5 Å². The number of hydrogen-bond acceptors (Lipinski definition) is 5. The number of aryl methyl sites for hydroxylation is 1. The maximum absolute atomic E-state index is 14.9. The summed E-state index contributed by atoms with van der Waals surface area (Å²) in [5.74, 6) is 0.512. The number of imidazole rings is 1. The summed E-state index contributed by atoms with van der Waals surface area (Å²) in [4.78, 5) is 22.1. The van der Waals surface area contributed by atoms with E-state index >= 15 is 0 Å². The van der Waals surface area contributed by atoms with Gasteiger partial charge in [0.25, 0.3) is 5.91 Å². The van der Waals surface area contributed by atoms with Crippen molar-refractivity contribution in [3.8, 4) is 22.8 Å². The maximum atomic E-state index is 14.9. The molecule has 0 spiro atoms. The van der Waals surface area contributed by atoms with Crippen molar-refractivity contribution in [2.45, 2.75) is 45.3 Å². The number of nitrogens with one attached hydrogen (secondary N) is 1. The molecule has 2 aromatic carbocycles. The van der Waals surface area contributed by atoms with Gasteiger partial charge in [-0.15, -0.1) is 0 Å². The van der Waals surface area contributed by atoms with Crippen LogP contribution in [0, 0.1) is 12.7 Å². The van der Waals surface area contributed by atoms with E-state index in [1.54, 1.807) is 29.2 Å². The maximum Gasteiger partial charge on any atom is 0.258 e. The molecule has 1 N–H and O–H groups in total. The van der Waals surface area contributed by atoms with Gasteiger partial charge in [0, 0.05) is 12.1 Å². The molecule has 34 heavy (non-hydrogen) atoms. The molecule has 1 amide bonds. The number of aromatic nitrogens is 5. The zero-order valence-corrected chi connectivity index (χ0v) is 18.8. The van der Waals surface area contributed by atoms with Crippen LogP contribution in [0.15, 0.2) is 49.2 Å². The largest absolute Gasteiger partial charge is 0.486 e. The highest BCUT2D eigenvalue weighted by molar-refractivity contribution is 6.06. The number of halogens is 1. The molecule has 4 aromatic rings. The summed E-state index contributed by atoms with van der Waals surface area (Å²) in [6.45, 7) is 4.27. The van der Waals surface area contributed by atoms with Crippen molar-refractivity contribution in [1.82, 2.24) is 24.3 Å². The van der Waals surface area contributed by atoms with Gasteiger partial charge in [-0.2, -0.15) is 5.10 Å². The number of ether oxygens (including phenoxy) is 1. The second-order valence-electron chi connectivity index (χ2n) is 8.93. The van der Waals surface area contributed by atoms with Crippen LogP contribution < -0.4 is 10.1 Å². The van der Waals surface area contributed by atoms with Crippen molar-refractivity contribution in [2.24, 2.45) is 0 Å². The van der Waals surface area contributed by atoms with Gasteiger partial charge in [0.1, 0.15) is 18.2 Å². The number of para-hydroxylation sites is 1. The van der Waals surface area contributed by atoms with Crippen LogP contribution >= 0.6 is 0 Å². The SMILES string of the molecule is Cc1cc(F)c(C(=O)Nc2cccc3c2O[C@@H](C)Cn2ncnc2-3)cc1-n1cnc(C2CC2)c1. The van der Waals surface area contributed by atoms with Crippen LogP contribution in [-0.2, 0) is 6.54 Å². The molecule has 0 saturated heterocycles. The molecule has 0 radical (unpaired) electrons. The van der Waals surface area contributed by atoms with Gasteiger partial charge in [0.15, 0.2) is 11.6 Å². The molecular formula is C25H23FN6O2. The summed E-state index contributed by atoms with van der Waals surface area (Å²) in [6, 6.07) is 8.35. The van der Waals surface area contributed by atoms with Crippen LogP contribution in [0.1, 0.15) is 47.3 Å². The summed E-state index contributed by atoms with van der Waals surface area (Å²) in [6.07, 6.45) is 7.28. The molecule has 6 rings (SSSR count). The van der Waals surface area contributed by atoms with E-state index in [2.05, 4.69) is 20.4 Å². The minimum atomic E-state index is -0.586. The Morgan fingerprint density at radius 1 is 1.24 bits per heavy atom. The quantitative estimate of drug-likeness (QED) is 0.487. The topological polar surface area (TPSA) is 86.9 Å². The fourth-order valence-corrected chi connectivity index (χ4v) is 4.39. The number of benzene rings is 2. The van der Waals surface area contributed by atoms with Crippen molar-refractivity contribution < 1.29 is 13.9 Å². The number of carbonyl (C=O) groups excluding carboxylic acids is 1. The Morgan fingerprint density at radius 3 is 2.91 bits per heavy atom. The summed E-state index contributed by atoms with van der Waals surface area (Å²) in [5, 5.41) is 7.10. The molecule has 172 valence electrons. The fraction of sp³-hybridized carbons (Fsp3) is 0.280. The van der Waals surface area contributed by atoms with Gasteiger partial charge in [0.05, 0.1) is 41.1 Å². The second kappa shape index (κ2) is 7.79. The lowest BCUT2D eigenvalue weighted by molar-refractivity contribution is 0.102. The average molecular weight is 458 g/mol. The first-order chi connectivity index (χ1) is 16.5. The summed E-state index contributed by atoms with van der Waals surface area (Å²) in [5.41, 5.74) is 3.59. The average Bonchev–Trinajstić information content (AvgIpc) is 3.40. The first-order valence-corrected chi connectivity index (χ1v) is 11.3. The third-order valence-corrected chi connectivity index (χ3v) is 6.28. The van der Waals surface area contributed by atoms with E-state index < -0.39 is 11.7 Å². The Kier molecular flexibility index (Phi) is 4.72. The molecule has 3 heterocycles. The van der Waals surface area contributed by atoms with Gasteiger partial charge in [-0.25, -0.2) is 19.0 Å². The molecule has 1 aliphatic carbocycles. The molecule has 9 heteroatoms. The lowest BCUT2D eigenvalue weighted by Crippen LogP contribution is -2.20. The lowest BCUT2D eigenvalue weighted by Gasteiger charge is -2.17. The number of anilines is 1. The first-order valence-electron chi connectivity index (χ1n) is 11.3. The van der Waals surface area contributed by atoms with Crippen LogP contribution in [-0.4, -0.2) is 36.3 Å². The van der Waals surface area contributed by atoms with E-state index in [1.807, 2.05) is 30.7 Å². The minimum Gasteiger partial charge on any atom is -0.486 e.